The van der Waals surface area contributed by atoms with E-state index >= 15 is 0 Å². The monoisotopic (exact) mass is 300 g/mol. The van der Waals surface area contributed by atoms with Gasteiger partial charge in [-0.1, -0.05) is 72.6 Å². The van der Waals surface area contributed by atoms with Crippen LogP contribution in [0.3, 0.4) is 0 Å². The normalized spacial score (nSPS) is 11.3. The second kappa shape index (κ2) is 6.59. The maximum Gasteiger partial charge on any atom is 0.0791 e. The lowest BCUT2D eigenvalue weighted by Gasteiger charge is -2.07. The Morgan fingerprint density at radius 2 is 0.895 bits per heavy atom. The Labute approximate surface area is 124 Å². The number of hydrogen-bond acceptors (Lipinski definition) is 1. The van der Waals surface area contributed by atoms with E-state index in [1.165, 1.54) is 20.2 Å². The first-order valence-electron chi connectivity index (χ1n) is 6.55. The van der Waals surface area contributed by atoms with E-state index in [1.807, 2.05) is 11.8 Å². The van der Waals surface area contributed by atoms with E-state index in [2.05, 4.69) is 74.7 Å². The highest BCUT2D eigenvalue weighted by Crippen LogP contribution is 2.26. The van der Waals surface area contributed by atoms with E-state index in [9.17, 15) is 0 Å². The molecule has 2 radical (unpaired) electrons. The molecule has 0 bridgehead atoms. The summed E-state index contributed by atoms with van der Waals surface area (Å²) in [6, 6.07) is 18.1. The molecule has 2 aromatic rings. The van der Waals surface area contributed by atoms with Crippen molar-refractivity contribution in [3.8, 4) is 0 Å². The summed E-state index contributed by atoms with van der Waals surface area (Å²) >= 11 is 1.85. The van der Waals surface area contributed by atoms with Crippen molar-refractivity contribution in [2.45, 2.75) is 36.0 Å². The first-order chi connectivity index (χ1) is 9.06. The summed E-state index contributed by atoms with van der Waals surface area (Å²) in [4.78, 5) is 2.66. The Morgan fingerprint density at radius 3 is 1.16 bits per heavy atom. The molecular weight excluding hydrogens is 280 g/mol. The Kier molecular flexibility index (Phi) is 5.08. The van der Waals surface area contributed by atoms with E-state index in [-0.39, 0.29) is 17.6 Å². The van der Waals surface area contributed by atoms with Crippen molar-refractivity contribution in [2.75, 3.05) is 0 Å². The van der Waals surface area contributed by atoms with Gasteiger partial charge >= 0.3 is 0 Å². The molecule has 0 saturated heterocycles. The lowest BCUT2D eigenvalue weighted by molar-refractivity contribution is 1.42. The molecule has 0 fully saturated rings. The predicted molar refractivity (Wildman–Crippen MR) is 91.2 cm³/mol. The van der Waals surface area contributed by atoms with Gasteiger partial charge in [-0.15, -0.1) is 0 Å². The van der Waals surface area contributed by atoms with E-state index in [4.69, 9.17) is 0 Å². The van der Waals surface area contributed by atoms with Crippen LogP contribution in [-0.2, 0) is 0 Å². The minimum absolute atomic E-state index is 0.322. The van der Waals surface area contributed by atoms with Crippen LogP contribution in [0.5, 0.6) is 0 Å². The maximum absolute atomic E-state index is 2.33. The third kappa shape index (κ3) is 4.09. The van der Waals surface area contributed by atoms with E-state index < -0.39 is 0 Å². The molecule has 0 aliphatic heterocycles. The smallest absolute Gasteiger partial charge is 0.0791 e. The fourth-order valence-electron chi connectivity index (χ4n) is 1.85. The van der Waals surface area contributed by atoms with Crippen LogP contribution < -0.4 is 10.4 Å². The third-order valence-corrected chi connectivity index (χ3v) is 7.09. The minimum atomic E-state index is -0.322. The van der Waals surface area contributed by atoms with Gasteiger partial charge in [0.1, 0.15) is 0 Å². The van der Waals surface area contributed by atoms with Crippen molar-refractivity contribution in [1.82, 2.24) is 0 Å². The van der Waals surface area contributed by atoms with Crippen LogP contribution in [0.15, 0.2) is 58.3 Å². The average molecular weight is 301 g/mol. The first kappa shape index (κ1) is 14.6. The van der Waals surface area contributed by atoms with Gasteiger partial charge in [-0.25, -0.2) is 0 Å². The minimum Gasteiger partial charge on any atom is -0.0901 e. The van der Waals surface area contributed by atoms with Crippen molar-refractivity contribution in [2.24, 2.45) is 0 Å². The molecule has 0 spiro atoms. The summed E-state index contributed by atoms with van der Waals surface area (Å²) in [6.45, 7) is 9.33. The molecule has 19 heavy (non-hydrogen) atoms. The molecule has 0 aliphatic rings. The van der Waals surface area contributed by atoms with E-state index in [0.717, 1.165) is 0 Å². The van der Waals surface area contributed by atoms with Gasteiger partial charge in [0.05, 0.1) is 17.6 Å². The summed E-state index contributed by atoms with van der Waals surface area (Å²) in [5.41, 5.74) is 0. The second-order valence-corrected chi connectivity index (χ2v) is 11.5. The van der Waals surface area contributed by atoms with Crippen LogP contribution >= 0.6 is 11.8 Å². The maximum atomic E-state index is 2.33. The molecular formula is C16H20SSi2. The number of benzene rings is 2. The molecule has 0 atom stereocenters. The third-order valence-electron chi connectivity index (χ3n) is 3.10. The Hall–Kier alpha value is -0.776. The summed E-state index contributed by atoms with van der Waals surface area (Å²) in [6.07, 6.45) is 0. The Bertz CT molecular complexity index is 466. The van der Waals surface area contributed by atoms with Crippen LogP contribution in [0.1, 0.15) is 0 Å². The average Bonchev–Trinajstić information content (AvgIpc) is 2.40. The summed E-state index contributed by atoms with van der Waals surface area (Å²) in [7, 11) is -0.643. The Balaban J connectivity index is 2.08. The number of hydrogen-bond donors (Lipinski definition) is 0. The molecule has 2 rings (SSSR count). The highest BCUT2D eigenvalue weighted by atomic mass is 32.2. The number of rotatable bonds is 4. The van der Waals surface area contributed by atoms with Crippen LogP contribution in [0, 0.1) is 0 Å². The summed E-state index contributed by atoms with van der Waals surface area (Å²) in [5.74, 6) is 0. The van der Waals surface area contributed by atoms with Gasteiger partial charge in [-0.2, -0.15) is 0 Å². The van der Waals surface area contributed by atoms with Gasteiger partial charge in [0, 0.05) is 9.79 Å². The fraction of sp³-hybridized carbons (Fsp3) is 0.250. The first-order valence-corrected chi connectivity index (χ1v) is 12.4. The van der Waals surface area contributed by atoms with Crippen LogP contribution in [0.2, 0.25) is 26.2 Å². The molecule has 2 aromatic carbocycles. The van der Waals surface area contributed by atoms with Crippen molar-refractivity contribution < 1.29 is 0 Å². The van der Waals surface area contributed by atoms with Gasteiger partial charge in [0.15, 0.2) is 0 Å². The fourth-order valence-corrected chi connectivity index (χ4v) is 4.33. The van der Waals surface area contributed by atoms with Crippen LogP contribution in [-0.4, -0.2) is 17.6 Å². The van der Waals surface area contributed by atoms with Crippen molar-refractivity contribution in [3.63, 3.8) is 0 Å². The van der Waals surface area contributed by atoms with Crippen molar-refractivity contribution in [1.29, 1.82) is 0 Å². The zero-order valence-electron chi connectivity index (χ0n) is 12.0. The van der Waals surface area contributed by atoms with Gasteiger partial charge in [-0.3, -0.25) is 0 Å². The van der Waals surface area contributed by atoms with Crippen LogP contribution in [0.25, 0.3) is 0 Å². The second-order valence-electron chi connectivity index (χ2n) is 5.15. The van der Waals surface area contributed by atoms with E-state index in [1.54, 1.807) is 0 Å². The van der Waals surface area contributed by atoms with Gasteiger partial charge in [0.25, 0.3) is 0 Å². The quantitative estimate of drug-likeness (QED) is 0.775. The highest BCUT2D eigenvalue weighted by molar-refractivity contribution is 7.99. The topological polar surface area (TPSA) is 0 Å². The predicted octanol–water partition coefficient (Wildman–Crippen LogP) is 3.76. The molecule has 3 heteroatoms. The molecule has 0 heterocycles. The zero-order chi connectivity index (χ0) is 13.8. The SMILES string of the molecule is C[Si](C)c1ccc(Sc2ccc([Si](C)C)cc2)cc1. The lowest BCUT2D eigenvalue weighted by Crippen LogP contribution is -2.21. The molecule has 98 valence electrons. The molecule has 0 aliphatic carbocycles. The molecule has 0 nitrogen and oxygen atoms in total. The van der Waals surface area contributed by atoms with Gasteiger partial charge < -0.3 is 0 Å². The van der Waals surface area contributed by atoms with Gasteiger partial charge in [0.2, 0.25) is 0 Å². The standard InChI is InChI=1S/C16H20SSi2/c1-18(2)15-9-5-13(6-10-15)17-14-7-11-16(12-8-14)19(3)4/h5-12H,1-4H3. The van der Waals surface area contributed by atoms with Crippen molar-refractivity contribution >= 4 is 39.7 Å². The molecule has 0 saturated carbocycles. The van der Waals surface area contributed by atoms with Crippen molar-refractivity contribution in [3.05, 3.63) is 48.5 Å². The van der Waals surface area contributed by atoms with Gasteiger partial charge in [-0.05, 0) is 24.3 Å². The highest BCUT2D eigenvalue weighted by Gasteiger charge is 2.03. The largest absolute Gasteiger partial charge is 0.0901 e. The lowest BCUT2D eigenvalue weighted by atomic mass is 10.4. The summed E-state index contributed by atoms with van der Waals surface area (Å²) in [5, 5.41) is 3.02. The molecule has 0 amide bonds. The molecule has 0 unspecified atom stereocenters. The Morgan fingerprint density at radius 1 is 0.579 bits per heavy atom. The molecule has 0 aromatic heterocycles. The summed E-state index contributed by atoms with van der Waals surface area (Å²) < 4.78 is 0. The van der Waals surface area contributed by atoms with Crippen LogP contribution in [0.4, 0.5) is 0 Å². The molecule has 0 N–H and O–H groups in total. The van der Waals surface area contributed by atoms with E-state index in [0.29, 0.717) is 0 Å². The zero-order valence-corrected chi connectivity index (χ0v) is 14.8.